The lowest BCUT2D eigenvalue weighted by Gasteiger charge is -2.11. The second-order valence-corrected chi connectivity index (χ2v) is 8.36. The molecule has 158 valence electrons. The molecule has 0 radical (unpaired) electrons. The first-order chi connectivity index (χ1) is 14.9. The normalized spacial score (nSPS) is 11.0. The van der Waals surface area contributed by atoms with Gasteiger partial charge in [0.05, 0.1) is 23.9 Å². The minimum Gasteiger partial charge on any atom is -0.493 e. The number of ether oxygens (including phenoxy) is 2. The van der Waals surface area contributed by atoms with Gasteiger partial charge in [0.25, 0.3) is 5.56 Å². The van der Waals surface area contributed by atoms with Crippen molar-refractivity contribution in [2.45, 2.75) is 13.5 Å². The number of methoxy groups -OCH3 is 2. The van der Waals surface area contributed by atoms with Gasteiger partial charge in [0.1, 0.15) is 12.2 Å². The number of hydrogen-bond donors (Lipinski definition) is 0. The van der Waals surface area contributed by atoms with Gasteiger partial charge < -0.3 is 9.47 Å². The quantitative estimate of drug-likeness (QED) is 0.401. The Hall–Kier alpha value is -3.23. The molecule has 0 aliphatic rings. The highest BCUT2D eigenvalue weighted by Crippen LogP contribution is 2.35. The summed E-state index contributed by atoms with van der Waals surface area (Å²) in [6, 6.07) is 11.9. The third-order valence-electron chi connectivity index (χ3n) is 4.72. The van der Waals surface area contributed by atoms with Gasteiger partial charge in [0, 0.05) is 16.1 Å². The van der Waals surface area contributed by atoms with Crippen molar-refractivity contribution in [3.8, 4) is 22.8 Å². The van der Waals surface area contributed by atoms with Crippen LogP contribution >= 0.6 is 22.9 Å². The van der Waals surface area contributed by atoms with E-state index < -0.39 is 5.56 Å². The molecule has 0 unspecified atom stereocenters. The number of aromatic nitrogens is 3. The van der Waals surface area contributed by atoms with Gasteiger partial charge in [-0.2, -0.15) is 5.10 Å². The van der Waals surface area contributed by atoms with E-state index in [1.165, 1.54) is 11.3 Å². The van der Waals surface area contributed by atoms with Gasteiger partial charge in [-0.3, -0.25) is 9.59 Å². The van der Waals surface area contributed by atoms with E-state index in [2.05, 4.69) is 10.1 Å². The second kappa shape index (κ2) is 8.49. The molecule has 0 N–H and O–H groups in total. The predicted molar refractivity (Wildman–Crippen MR) is 121 cm³/mol. The number of ketones is 1. The highest BCUT2D eigenvalue weighted by Gasteiger charge is 2.19. The average Bonchev–Trinajstić information content (AvgIpc) is 3.17. The van der Waals surface area contributed by atoms with Crippen LogP contribution in [0.1, 0.15) is 15.4 Å². The fourth-order valence-corrected chi connectivity index (χ4v) is 4.25. The Morgan fingerprint density at radius 3 is 2.48 bits per heavy atom. The summed E-state index contributed by atoms with van der Waals surface area (Å²) in [5, 5.41) is 5.79. The summed E-state index contributed by atoms with van der Waals surface area (Å²) < 4.78 is 12.5. The summed E-state index contributed by atoms with van der Waals surface area (Å²) in [5.41, 5.74) is 1.58. The maximum Gasteiger partial charge on any atom is 0.294 e. The van der Waals surface area contributed by atoms with Crippen LogP contribution in [0.2, 0.25) is 5.02 Å². The van der Waals surface area contributed by atoms with Crippen molar-refractivity contribution in [1.82, 2.24) is 14.8 Å². The Morgan fingerprint density at radius 1 is 1.10 bits per heavy atom. The van der Waals surface area contributed by atoms with Crippen LogP contribution < -0.4 is 15.0 Å². The molecule has 7 nitrogen and oxygen atoms in total. The van der Waals surface area contributed by atoms with Crippen LogP contribution in [0.5, 0.6) is 11.5 Å². The van der Waals surface area contributed by atoms with E-state index in [1.54, 1.807) is 50.6 Å². The van der Waals surface area contributed by atoms with E-state index in [4.69, 9.17) is 21.1 Å². The standard InChI is InChI=1S/C22H18ClN3O4S/c1-12-24-20-21(31-12)19(14-6-9-17(29-2)18(10-14)30-3)25-26(22(20)28)11-16(27)13-4-7-15(23)8-5-13/h4-10H,11H2,1-3H3. The molecular weight excluding hydrogens is 438 g/mol. The molecule has 0 aliphatic heterocycles. The van der Waals surface area contributed by atoms with Gasteiger partial charge >= 0.3 is 0 Å². The predicted octanol–water partition coefficient (Wildman–Crippen LogP) is 4.38. The molecule has 0 spiro atoms. The van der Waals surface area contributed by atoms with Crippen LogP contribution in [0, 0.1) is 6.92 Å². The van der Waals surface area contributed by atoms with Crippen molar-refractivity contribution < 1.29 is 14.3 Å². The highest BCUT2D eigenvalue weighted by atomic mass is 35.5. The fraction of sp³-hybridized carbons (Fsp3) is 0.182. The zero-order valence-electron chi connectivity index (χ0n) is 17.0. The lowest BCUT2D eigenvalue weighted by atomic mass is 10.1. The maximum atomic E-state index is 13.0. The highest BCUT2D eigenvalue weighted by molar-refractivity contribution is 7.19. The first kappa shape index (κ1) is 21.0. The number of hydrogen-bond acceptors (Lipinski definition) is 7. The minimum atomic E-state index is -0.411. The van der Waals surface area contributed by atoms with Crippen molar-refractivity contribution in [1.29, 1.82) is 0 Å². The Balaban J connectivity index is 1.85. The maximum absolute atomic E-state index is 13.0. The average molecular weight is 456 g/mol. The summed E-state index contributed by atoms with van der Waals surface area (Å²) in [6.45, 7) is 1.61. The van der Waals surface area contributed by atoms with Crippen LogP contribution in [-0.2, 0) is 6.54 Å². The number of thiazole rings is 1. The molecule has 0 aliphatic carbocycles. The van der Waals surface area contributed by atoms with Gasteiger partial charge in [-0.05, 0) is 49.4 Å². The molecule has 0 bridgehead atoms. The van der Waals surface area contributed by atoms with Gasteiger partial charge in [0.15, 0.2) is 22.8 Å². The molecule has 0 saturated carbocycles. The van der Waals surface area contributed by atoms with Gasteiger partial charge in [-0.25, -0.2) is 9.67 Å². The number of fused-ring (bicyclic) bond motifs is 1. The van der Waals surface area contributed by atoms with Crippen LogP contribution in [0.25, 0.3) is 21.5 Å². The Kier molecular flexibility index (Phi) is 5.75. The first-order valence-corrected chi connectivity index (χ1v) is 10.5. The molecular formula is C22H18ClN3O4S. The van der Waals surface area contributed by atoms with Crippen LogP contribution in [0.4, 0.5) is 0 Å². The smallest absolute Gasteiger partial charge is 0.294 e. The molecule has 0 amide bonds. The molecule has 2 heterocycles. The number of carbonyl (C=O) groups is 1. The minimum absolute atomic E-state index is 0.215. The van der Waals surface area contributed by atoms with Gasteiger partial charge in [-0.1, -0.05) is 11.6 Å². The third-order valence-corrected chi connectivity index (χ3v) is 5.95. The summed E-state index contributed by atoms with van der Waals surface area (Å²) in [4.78, 5) is 30.1. The zero-order valence-corrected chi connectivity index (χ0v) is 18.6. The largest absolute Gasteiger partial charge is 0.493 e. The van der Waals surface area contributed by atoms with Crippen molar-refractivity contribution >= 4 is 38.9 Å². The van der Waals surface area contributed by atoms with E-state index in [0.29, 0.717) is 32.5 Å². The molecule has 0 fully saturated rings. The zero-order chi connectivity index (χ0) is 22.1. The Morgan fingerprint density at radius 2 is 1.81 bits per heavy atom. The van der Waals surface area contributed by atoms with Crippen LogP contribution in [0.3, 0.4) is 0 Å². The van der Waals surface area contributed by atoms with E-state index in [9.17, 15) is 9.59 Å². The summed E-state index contributed by atoms with van der Waals surface area (Å²) in [7, 11) is 3.11. The van der Waals surface area contributed by atoms with Crippen molar-refractivity contribution in [2.75, 3.05) is 14.2 Å². The number of nitrogens with zero attached hydrogens (tertiary/aromatic N) is 3. The van der Waals surface area contributed by atoms with Crippen molar-refractivity contribution in [3.05, 3.63) is 68.4 Å². The monoisotopic (exact) mass is 455 g/mol. The topological polar surface area (TPSA) is 83.3 Å². The van der Waals surface area contributed by atoms with E-state index in [0.717, 1.165) is 15.3 Å². The summed E-state index contributed by atoms with van der Waals surface area (Å²) in [5.74, 6) is 0.858. The van der Waals surface area contributed by atoms with Crippen molar-refractivity contribution in [2.24, 2.45) is 0 Å². The number of carbonyl (C=O) groups excluding carboxylic acids is 1. The van der Waals surface area contributed by atoms with Crippen LogP contribution in [-0.4, -0.2) is 34.8 Å². The fourth-order valence-electron chi connectivity index (χ4n) is 3.21. The van der Waals surface area contributed by atoms with E-state index in [-0.39, 0.29) is 17.8 Å². The summed E-state index contributed by atoms with van der Waals surface area (Å²) >= 11 is 7.28. The molecule has 9 heteroatoms. The van der Waals surface area contributed by atoms with Gasteiger partial charge in [-0.15, -0.1) is 11.3 Å². The molecule has 4 aromatic rings. The lowest BCUT2D eigenvalue weighted by molar-refractivity contribution is 0.0966. The number of aryl methyl sites for hydroxylation is 1. The van der Waals surface area contributed by atoms with Crippen molar-refractivity contribution in [3.63, 3.8) is 0 Å². The lowest BCUT2D eigenvalue weighted by Crippen LogP contribution is -2.27. The second-order valence-electron chi connectivity index (χ2n) is 6.72. The van der Waals surface area contributed by atoms with Gasteiger partial charge in [0.2, 0.25) is 0 Å². The first-order valence-electron chi connectivity index (χ1n) is 9.30. The molecule has 0 saturated heterocycles. The molecule has 31 heavy (non-hydrogen) atoms. The van der Waals surface area contributed by atoms with E-state index >= 15 is 0 Å². The number of halogens is 1. The molecule has 0 atom stereocenters. The third kappa shape index (κ3) is 4.04. The number of benzene rings is 2. The molecule has 2 aromatic carbocycles. The summed E-state index contributed by atoms with van der Waals surface area (Å²) in [6.07, 6.45) is 0. The number of Topliss-reactive ketones (excluding diaryl/α,β-unsaturated/α-hetero) is 1. The molecule has 2 aromatic heterocycles. The Labute approximate surface area is 186 Å². The SMILES string of the molecule is COc1ccc(-c2nn(CC(=O)c3ccc(Cl)cc3)c(=O)c3nc(C)sc23)cc1OC. The molecule has 4 rings (SSSR count). The Bertz CT molecular complexity index is 1350. The number of rotatable bonds is 6. The van der Waals surface area contributed by atoms with Crippen LogP contribution in [0.15, 0.2) is 47.3 Å². The van der Waals surface area contributed by atoms with E-state index in [1.807, 2.05) is 13.0 Å².